The smallest absolute Gasteiger partial charge is 0.290 e. The quantitative estimate of drug-likeness (QED) is 0.470. The zero-order valence-electron chi connectivity index (χ0n) is 16.3. The molecule has 0 spiro atoms. The maximum Gasteiger partial charge on any atom is 0.290 e. The van der Waals surface area contributed by atoms with E-state index in [0.717, 1.165) is 23.3 Å². The number of benzene rings is 1. The third kappa shape index (κ3) is 3.35. The molecule has 0 saturated heterocycles. The van der Waals surface area contributed by atoms with E-state index in [9.17, 15) is 9.90 Å². The highest BCUT2D eigenvalue weighted by Gasteiger charge is 2.34. The zero-order chi connectivity index (χ0) is 20.7. The number of aryl methyl sites for hydroxylation is 1. The minimum Gasteiger partial charge on any atom is -0.391 e. The fraction of sp³-hybridized carbons (Fsp3) is 0.350. The Labute approximate surface area is 171 Å². The Morgan fingerprint density at radius 3 is 2.93 bits per heavy atom. The highest BCUT2D eigenvalue weighted by Crippen LogP contribution is 2.33. The lowest BCUT2D eigenvalue weighted by Crippen LogP contribution is -2.46. The van der Waals surface area contributed by atoms with Crippen molar-refractivity contribution in [1.29, 1.82) is 0 Å². The molecule has 0 unspecified atom stereocenters. The third-order valence-corrected chi connectivity index (χ3v) is 5.47. The van der Waals surface area contributed by atoms with Crippen LogP contribution in [0.1, 0.15) is 47.4 Å². The van der Waals surface area contributed by atoms with Crippen LogP contribution in [0.5, 0.6) is 0 Å². The van der Waals surface area contributed by atoms with Gasteiger partial charge < -0.3 is 19.9 Å². The molecule has 3 N–H and O–H groups in total. The number of nitrogens with zero attached hydrogens (tertiary/aromatic N) is 5. The van der Waals surface area contributed by atoms with E-state index in [-0.39, 0.29) is 11.7 Å². The average molecular weight is 407 g/mol. The number of imidazole rings is 1. The Bertz CT molecular complexity index is 1150. The Balaban J connectivity index is 1.42. The Hall–Kier alpha value is -3.53. The first-order valence-electron chi connectivity index (χ1n) is 9.87. The molecule has 1 fully saturated rings. The first kappa shape index (κ1) is 18.5. The van der Waals surface area contributed by atoms with Gasteiger partial charge in [-0.25, -0.2) is 9.97 Å². The van der Waals surface area contributed by atoms with Crippen molar-refractivity contribution in [2.24, 2.45) is 0 Å². The van der Waals surface area contributed by atoms with Crippen LogP contribution in [0.4, 0.5) is 0 Å². The summed E-state index contributed by atoms with van der Waals surface area (Å²) in [5, 5.41) is 21.4. The van der Waals surface area contributed by atoms with E-state index in [1.807, 2.05) is 31.2 Å². The average Bonchev–Trinajstić information content (AvgIpc) is 3.48. The lowest BCUT2D eigenvalue weighted by atomic mass is 9.83. The number of nitrogens with one attached hydrogen (secondary N) is 2. The summed E-state index contributed by atoms with van der Waals surface area (Å²) in [5.74, 6) is 1.72. The minimum atomic E-state index is -0.642. The number of carbonyl (C=O) groups excluding carboxylic acids is 1. The summed E-state index contributed by atoms with van der Waals surface area (Å²) in [5.41, 5.74) is 1.77. The van der Waals surface area contributed by atoms with Gasteiger partial charge in [-0.3, -0.25) is 4.79 Å². The van der Waals surface area contributed by atoms with Gasteiger partial charge in [0.05, 0.1) is 29.4 Å². The molecule has 1 amide bonds. The number of aliphatic hydroxyl groups is 1. The first-order chi connectivity index (χ1) is 14.6. The highest BCUT2D eigenvalue weighted by atomic mass is 16.5. The highest BCUT2D eigenvalue weighted by molar-refractivity contribution is 5.91. The lowest BCUT2D eigenvalue weighted by molar-refractivity contribution is 0.0648. The van der Waals surface area contributed by atoms with E-state index < -0.39 is 18.1 Å². The number of hydrogen-bond donors (Lipinski definition) is 3. The number of rotatable bonds is 4. The fourth-order valence-electron chi connectivity index (χ4n) is 4.01. The van der Waals surface area contributed by atoms with Gasteiger partial charge in [0.2, 0.25) is 11.7 Å². The van der Waals surface area contributed by atoms with Gasteiger partial charge in [0, 0.05) is 12.0 Å². The van der Waals surface area contributed by atoms with Gasteiger partial charge in [-0.15, -0.1) is 5.10 Å². The van der Waals surface area contributed by atoms with Crippen molar-refractivity contribution in [2.75, 3.05) is 0 Å². The topological polar surface area (TPSA) is 135 Å². The van der Waals surface area contributed by atoms with E-state index in [1.54, 1.807) is 4.68 Å². The molecule has 1 aliphatic rings. The molecule has 0 aliphatic heterocycles. The van der Waals surface area contributed by atoms with E-state index in [0.29, 0.717) is 24.6 Å². The second kappa shape index (κ2) is 7.38. The predicted octanol–water partition coefficient (Wildman–Crippen LogP) is 1.87. The maximum absolute atomic E-state index is 12.4. The molecule has 10 heteroatoms. The Morgan fingerprint density at radius 1 is 1.27 bits per heavy atom. The van der Waals surface area contributed by atoms with Gasteiger partial charge in [0.1, 0.15) is 11.6 Å². The molecular formula is C20H21N7O3. The Morgan fingerprint density at radius 2 is 2.13 bits per heavy atom. The molecule has 1 aromatic carbocycles. The van der Waals surface area contributed by atoms with Gasteiger partial charge in [0.25, 0.3) is 5.91 Å². The summed E-state index contributed by atoms with van der Waals surface area (Å²) >= 11 is 0. The van der Waals surface area contributed by atoms with Crippen molar-refractivity contribution in [3.05, 3.63) is 53.9 Å². The number of aromatic nitrogens is 6. The van der Waals surface area contributed by atoms with Gasteiger partial charge in [-0.05, 0) is 38.3 Å². The number of aromatic amines is 1. The SMILES string of the molecule is Cc1nc([C@H]2CC[C@@H](O)[C@H](NC(=O)c3ccno3)C2)n(-c2nc3ccccc3[nH]2)n1. The molecule has 3 aromatic heterocycles. The third-order valence-electron chi connectivity index (χ3n) is 5.47. The number of fused-ring (bicyclic) bond motifs is 1. The predicted molar refractivity (Wildman–Crippen MR) is 106 cm³/mol. The normalized spacial score (nSPS) is 21.7. The number of aliphatic hydroxyl groups excluding tert-OH is 1. The summed E-state index contributed by atoms with van der Waals surface area (Å²) in [6, 6.07) is 8.84. The van der Waals surface area contributed by atoms with Crippen molar-refractivity contribution in [3.63, 3.8) is 0 Å². The van der Waals surface area contributed by atoms with E-state index in [2.05, 4.69) is 30.5 Å². The van der Waals surface area contributed by atoms with Crippen molar-refractivity contribution >= 4 is 16.9 Å². The van der Waals surface area contributed by atoms with Crippen molar-refractivity contribution < 1.29 is 14.4 Å². The Kier molecular flexibility index (Phi) is 4.55. The largest absolute Gasteiger partial charge is 0.391 e. The molecule has 1 aliphatic carbocycles. The maximum atomic E-state index is 12.4. The number of carbonyl (C=O) groups is 1. The lowest BCUT2D eigenvalue weighted by Gasteiger charge is -2.33. The van der Waals surface area contributed by atoms with Gasteiger partial charge in [-0.2, -0.15) is 4.68 Å². The van der Waals surface area contributed by atoms with Crippen molar-refractivity contribution in [1.82, 2.24) is 35.2 Å². The van der Waals surface area contributed by atoms with Gasteiger partial charge in [-0.1, -0.05) is 17.3 Å². The molecule has 0 radical (unpaired) electrons. The number of para-hydroxylation sites is 2. The molecule has 30 heavy (non-hydrogen) atoms. The molecule has 10 nitrogen and oxygen atoms in total. The number of amides is 1. The van der Waals surface area contributed by atoms with Crippen LogP contribution in [0.15, 0.2) is 41.1 Å². The molecule has 0 bridgehead atoms. The minimum absolute atomic E-state index is 0.00263. The summed E-state index contributed by atoms with van der Waals surface area (Å²) < 4.78 is 6.64. The number of hydrogen-bond acceptors (Lipinski definition) is 7. The number of H-pyrrole nitrogens is 1. The summed E-state index contributed by atoms with van der Waals surface area (Å²) in [6.07, 6.45) is 2.57. The van der Waals surface area contributed by atoms with Crippen LogP contribution in [0.25, 0.3) is 17.0 Å². The fourth-order valence-corrected chi connectivity index (χ4v) is 4.01. The standard InChI is InChI=1S/C20H21N7O3/c1-11-22-18(27(26-11)20-24-13-4-2-3-5-14(13)25-20)12-6-7-16(28)15(10-12)23-19(29)17-8-9-21-30-17/h2-5,8-9,12,15-16,28H,6-7,10H2,1H3,(H,23,29)(H,24,25)/t12-,15+,16+/m0/s1. The van der Waals surface area contributed by atoms with Crippen LogP contribution in [-0.4, -0.2) is 53.0 Å². The van der Waals surface area contributed by atoms with E-state index >= 15 is 0 Å². The van der Waals surface area contributed by atoms with Crippen LogP contribution in [0.2, 0.25) is 0 Å². The van der Waals surface area contributed by atoms with Crippen LogP contribution in [-0.2, 0) is 0 Å². The molecule has 4 aromatic rings. The van der Waals surface area contributed by atoms with Crippen molar-refractivity contribution in [3.8, 4) is 5.95 Å². The molecule has 1 saturated carbocycles. The second-order valence-electron chi connectivity index (χ2n) is 7.54. The summed E-state index contributed by atoms with van der Waals surface area (Å²) in [4.78, 5) is 24.9. The molecule has 3 heterocycles. The monoisotopic (exact) mass is 407 g/mol. The summed E-state index contributed by atoms with van der Waals surface area (Å²) in [6.45, 7) is 1.84. The van der Waals surface area contributed by atoms with Crippen LogP contribution >= 0.6 is 0 Å². The second-order valence-corrected chi connectivity index (χ2v) is 7.54. The van der Waals surface area contributed by atoms with Gasteiger partial charge in [0.15, 0.2) is 0 Å². The van der Waals surface area contributed by atoms with Crippen LogP contribution in [0, 0.1) is 6.92 Å². The van der Waals surface area contributed by atoms with Crippen LogP contribution in [0.3, 0.4) is 0 Å². The molecule has 154 valence electrons. The first-order valence-corrected chi connectivity index (χ1v) is 9.87. The molecule has 3 atom stereocenters. The summed E-state index contributed by atoms with van der Waals surface area (Å²) in [7, 11) is 0. The van der Waals surface area contributed by atoms with Crippen LogP contribution < -0.4 is 5.32 Å². The van der Waals surface area contributed by atoms with Gasteiger partial charge >= 0.3 is 0 Å². The molecule has 5 rings (SSSR count). The zero-order valence-corrected chi connectivity index (χ0v) is 16.3. The molecular weight excluding hydrogens is 386 g/mol. The van der Waals surface area contributed by atoms with E-state index in [4.69, 9.17) is 4.52 Å². The van der Waals surface area contributed by atoms with E-state index in [1.165, 1.54) is 12.3 Å². The van der Waals surface area contributed by atoms with Crippen molar-refractivity contribution in [2.45, 2.75) is 44.2 Å².